The zero-order valence-corrected chi connectivity index (χ0v) is 21.0. The summed E-state index contributed by atoms with van der Waals surface area (Å²) in [6, 6.07) is 0. The van der Waals surface area contributed by atoms with Crippen molar-refractivity contribution in [1.29, 1.82) is 0 Å². The van der Waals surface area contributed by atoms with E-state index >= 15 is 0 Å². The molecule has 0 aliphatic heterocycles. The molecule has 0 aromatic rings. The first-order valence-electron chi connectivity index (χ1n) is 13.2. The van der Waals surface area contributed by atoms with Crippen LogP contribution in [0.1, 0.15) is 112 Å². The zero-order chi connectivity index (χ0) is 21.7. The van der Waals surface area contributed by atoms with Gasteiger partial charge in [-0.25, -0.2) is 0 Å². The minimum absolute atomic E-state index is 0.294. The Bertz CT molecular complexity index is 636. The largest absolute Gasteiger partial charge is 0.179 e. The topological polar surface area (TPSA) is 29.4 Å². The lowest BCUT2D eigenvalue weighted by Gasteiger charge is -2.63. The molecule has 0 aromatic heterocycles. The quantitative estimate of drug-likeness (QED) is 0.232. The van der Waals surface area contributed by atoms with Crippen molar-refractivity contribution >= 4 is 11.6 Å². The minimum Gasteiger partial charge on any atom is -0.149 e. The zero-order valence-electron chi connectivity index (χ0n) is 20.3. The molecule has 0 N–H and O–H groups in total. The maximum absolute atomic E-state index is 12.2. The molecule has 4 saturated carbocycles. The van der Waals surface area contributed by atoms with Crippen molar-refractivity contribution in [2.24, 2.45) is 57.4 Å². The van der Waals surface area contributed by atoms with Crippen LogP contribution in [0.2, 0.25) is 0 Å². The number of nitroso groups, excluding NO2 is 1. The molecule has 4 aliphatic rings. The van der Waals surface area contributed by atoms with Gasteiger partial charge >= 0.3 is 0 Å². The molecule has 0 amide bonds. The smallest absolute Gasteiger partial charge is 0.149 e. The Morgan fingerprint density at radius 2 is 1.67 bits per heavy atom. The van der Waals surface area contributed by atoms with Gasteiger partial charge < -0.3 is 0 Å². The molecule has 0 aromatic carbocycles. The van der Waals surface area contributed by atoms with Gasteiger partial charge in [-0.1, -0.05) is 78.3 Å². The van der Waals surface area contributed by atoms with Crippen molar-refractivity contribution in [3.05, 3.63) is 4.91 Å². The molecule has 30 heavy (non-hydrogen) atoms. The predicted molar refractivity (Wildman–Crippen MR) is 127 cm³/mol. The van der Waals surface area contributed by atoms with Gasteiger partial charge in [0.1, 0.15) is 0 Å². The Kier molecular flexibility index (Phi) is 6.42. The summed E-state index contributed by atoms with van der Waals surface area (Å²) in [5.74, 6) is 4.46. The Morgan fingerprint density at radius 1 is 0.933 bits per heavy atom. The van der Waals surface area contributed by atoms with Gasteiger partial charge in [0.15, 0.2) is 5.00 Å². The van der Waals surface area contributed by atoms with Crippen LogP contribution < -0.4 is 0 Å². The Morgan fingerprint density at radius 3 is 2.37 bits per heavy atom. The second kappa shape index (κ2) is 8.35. The molecule has 0 spiro atoms. The third kappa shape index (κ3) is 3.60. The molecule has 0 heterocycles. The molecule has 4 rings (SSSR count). The van der Waals surface area contributed by atoms with Crippen molar-refractivity contribution in [2.75, 3.05) is 0 Å². The fourth-order valence-electron chi connectivity index (χ4n) is 9.35. The highest BCUT2D eigenvalue weighted by Gasteiger charge is 2.67. The second-order valence-electron chi connectivity index (χ2n) is 12.8. The van der Waals surface area contributed by atoms with Gasteiger partial charge in [-0.05, 0) is 96.5 Å². The number of nitrogens with zero attached hydrogens (tertiary/aromatic N) is 1. The molecule has 2 nitrogen and oxygen atoms in total. The van der Waals surface area contributed by atoms with Crippen LogP contribution in [0, 0.1) is 57.2 Å². The number of hydrogen-bond donors (Lipinski definition) is 0. The van der Waals surface area contributed by atoms with Crippen molar-refractivity contribution in [3.8, 4) is 0 Å². The van der Waals surface area contributed by atoms with E-state index in [1.807, 2.05) is 0 Å². The molecule has 3 heteroatoms. The van der Waals surface area contributed by atoms with E-state index in [0.29, 0.717) is 34.5 Å². The van der Waals surface area contributed by atoms with Gasteiger partial charge in [0.05, 0.1) is 0 Å². The van der Waals surface area contributed by atoms with E-state index in [4.69, 9.17) is 11.6 Å². The number of fused-ring (bicyclic) bond motifs is 5. The Hall–Kier alpha value is -0.110. The fraction of sp³-hybridized carbons (Fsp3) is 1.00. The van der Waals surface area contributed by atoms with Crippen LogP contribution in [0.5, 0.6) is 0 Å². The van der Waals surface area contributed by atoms with Gasteiger partial charge in [-0.2, -0.15) is 0 Å². The predicted octanol–water partition coefficient (Wildman–Crippen LogP) is 8.81. The van der Waals surface area contributed by atoms with Gasteiger partial charge in [0, 0.05) is 5.92 Å². The molecule has 0 bridgehead atoms. The first-order valence-corrected chi connectivity index (χ1v) is 13.6. The summed E-state index contributed by atoms with van der Waals surface area (Å²) in [5, 5.41) is 3.73. The molecule has 172 valence electrons. The first kappa shape index (κ1) is 23.1. The third-order valence-electron chi connectivity index (χ3n) is 11.0. The van der Waals surface area contributed by atoms with E-state index in [2.05, 4.69) is 39.8 Å². The van der Waals surface area contributed by atoms with Crippen molar-refractivity contribution in [2.45, 2.75) is 117 Å². The molecule has 9 atom stereocenters. The summed E-state index contributed by atoms with van der Waals surface area (Å²) in [5.41, 5.74) is 0.732. The molecule has 0 radical (unpaired) electrons. The van der Waals surface area contributed by atoms with E-state index < -0.39 is 5.00 Å². The van der Waals surface area contributed by atoms with Gasteiger partial charge in [0.25, 0.3) is 0 Å². The average molecular weight is 436 g/mol. The summed E-state index contributed by atoms with van der Waals surface area (Å²) in [4.78, 5) is 11.4. The van der Waals surface area contributed by atoms with Crippen LogP contribution in [0.4, 0.5) is 0 Å². The van der Waals surface area contributed by atoms with Crippen molar-refractivity contribution in [3.63, 3.8) is 0 Å². The van der Waals surface area contributed by atoms with Gasteiger partial charge in [-0.3, -0.25) is 0 Å². The Balaban J connectivity index is 1.59. The molecular formula is C27H46ClNO. The number of halogens is 1. The van der Waals surface area contributed by atoms with E-state index in [1.54, 1.807) is 0 Å². The number of rotatable bonds is 6. The highest BCUT2D eigenvalue weighted by Crippen LogP contribution is 2.71. The van der Waals surface area contributed by atoms with Crippen molar-refractivity contribution in [1.82, 2.24) is 0 Å². The molecular weight excluding hydrogens is 390 g/mol. The lowest BCUT2D eigenvalue weighted by molar-refractivity contribution is -0.131. The monoisotopic (exact) mass is 435 g/mol. The highest BCUT2D eigenvalue weighted by atomic mass is 35.5. The van der Waals surface area contributed by atoms with Crippen LogP contribution in [0.3, 0.4) is 0 Å². The summed E-state index contributed by atoms with van der Waals surface area (Å²) in [6.07, 6.45) is 15.4. The maximum atomic E-state index is 12.2. The number of hydrogen-bond acceptors (Lipinski definition) is 2. The lowest BCUT2D eigenvalue weighted by atomic mass is 9.43. The molecule has 4 aliphatic carbocycles. The van der Waals surface area contributed by atoms with Crippen molar-refractivity contribution < 1.29 is 0 Å². The normalized spacial score (nSPS) is 49.2. The average Bonchev–Trinajstić information content (AvgIpc) is 3.05. The summed E-state index contributed by atoms with van der Waals surface area (Å²) in [7, 11) is 0. The minimum atomic E-state index is -0.853. The second-order valence-corrected chi connectivity index (χ2v) is 13.5. The maximum Gasteiger partial charge on any atom is 0.179 e. The van der Waals surface area contributed by atoms with Crippen LogP contribution >= 0.6 is 11.6 Å². The standard InChI is InChI=1S/C27H46ClNO/c1-18(2)9-8-10-19(3)21-12-13-22-24-23(14-16-26(21,22)5)25(4)15-7-6-11-20(25)17-27(24,28)29-30/h18-24H,6-17H2,1-5H3/t19-,20-,21+,22-,23+,24-,25+,26-,27+/m1/s1. The first-order chi connectivity index (χ1) is 14.2. The summed E-state index contributed by atoms with van der Waals surface area (Å²) >= 11 is 7.21. The lowest BCUT2D eigenvalue weighted by Crippen LogP contribution is -2.60. The highest BCUT2D eigenvalue weighted by molar-refractivity contribution is 6.24. The molecule has 4 fully saturated rings. The van der Waals surface area contributed by atoms with Gasteiger partial charge in [0.2, 0.25) is 0 Å². The van der Waals surface area contributed by atoms with Crippen LogP contribution in [0.25, 0.3) is 0 Å². The van der Waals surface area contributed by atoms with Crippen LogP contribution in [-0.2, 0) is 0 Å². The number of alkyl halides is 1. The fourth-order valence-corrected chi connectivity index (χ4v) is 9.84. The van der Waals surface area contributed by atoms with E-state index in [-0.39, 0.29) is 0 Å². The Labute approximate surface area is 190 Å². The van der Waals surface area contributed by atoms with Crippen LogP contribution in [-0.4, -0.2) is 5.00 Å². The summed E-state index contributed by atoms with van der Waals surface area (Å²) in [6.45, 7) is 12.3. The molecule has 0 unspecified atom stereocenters. The van der Waals surface area contributed by atoms with Gasteiger partial charge in [-0.15, -0.1) is 4.91 Å². The van der Waals surface area contributed by atoms with Crippen LogP contribution in [0.15, 0.2) is 5.18 Å². The molecule has 0 saturated heterocycles. The van der Waals surface area contributed by atoms with E-state index in [9.17, 15) is 4.91 Å². The van der Waals surface area contributed by atoms with E-state index in [1.165, 1.54) is 70.6 Å². The third-order valence-corrected chi connectivity index (χ3v) is 11.4. The summed E-state index contributed by atoms with van der Waals surface area (Å²) < 4.78 is 0. The van der Waals surface area contributed by atoms with E-state index in [0.717, 1.165) is 24.2 Å². The SMILES string of the molecule is CC(C)CCC[C@@H](C)[C@@H]1CC[C@@H]2[C@@H]3[C@H](CC[C@@]21C)[C@@]1(C)CCCC[C@@H]1C[C@]3(Cl)N=O.